The maximum Gasteiger partial charge on any atom is 0.407 e. The number of nitrogens with one attached hydrogen (secondary N) is 1. The third kappa shape index (κ3) is 5.00. The van der Waals surface area contributed by atoms with Crippen LogP contribution in [-0.2, 0) is 11.2 Å². The van der Waals surface area contributed by atoms with Gasteiger partial charge in [0.2, 0.25) is 5.95 Å². The highest BCUT2D eigenvalue weighted by Gasteiger charge is 2.23. The second kappa shape index (κ2) is 8.17. The molecule has 1 aromatic heterocycles. The topological polar surface area (TPSA) is 67.4 Å². The molecule has 1 N–H and O–H groups in total. The molecule has 1 heterocycles. The van der Waals surface area contributed by atoms with Crippen molar-refractivity contribution in [2.45, 2.75) is 58.5 Å². The molecule has 1 amide bonds. The average molecular weight is 383 g/mol. The van der Waals surface area contributed by atoms with E-state index in [1.165, 1.54) is 11.1 Å². The Kier molecular flexibility index (Phi) is 5.87. The number of carbonyl (C=O) groups is 1. The summed E-state index contributed by atoms with van der Waals surface area (Å²) in [5, 5.41) is 2.93. The number of benzene rings is 1. The fourth-order valence-electron chi connectivity index (χ4n) is 3.52. The number of alkyl carbamates (subject to hydrolysis) is 1. The first-order valence-electron chi connectivity index (χ1n) is 9.85. The van der Waals surface area contributed by atoms with E-state index in [0.717, 1.165) is 30.5 Å². The average Bonchev–Trinajstić information content (AvgIpc) is 2.64. The minimum Gasteiger partial charge on any atom is -0.444 e. The van der Waals surface area contributed by atoms with Crippen LogP contribution in [0.5, 0.6) is 0 Å². The molecule has 0 bridgehead atoms. The van der Waals surface area contributed by atoms with Crippen LogP contribution in [0.25, 0.3) is 0 Å². The Labute approximate surface area is 167 Å². The molecule has 6 nitrogen and oxygen atoms in total. The highest BCUT2D eigenvalue weighted by atomic mass is 16.6. The molecule has 0 fully saturated rings. The van der Waals surface area contributed by atoms with Crippen LogP contribution >= 0.6 is 0 Å². The molecule has 0 saturated carbocycles. The molecule has 28 heavy (non-hydrogen) atoms. The Morgan fingerprint density at radius 1 is 1.29 bits per heavy atom. The summed E-state index contributed by atoms with van der Waals surface area (Å²) < 4.78 is 5.35. The highest BCUT2D eigenvalue weighted by Crippen LogP contribution is 2.34. The minimum absolute atomic E-state index is 0.311. The van der Waals surface area contributed by atoms with Gasteiger partial charge in [0, 0.05) is 37.6 Å². The smallest absolute Gasteiger partial charge is 0.407 e. The standard InChI is InChI=1S/C22H30N4O2/c1-15-12-23-20(24-13-15)26(5)18-9-10-19-16(11-18)7-6-8-17(19)14-25-21(27)28-22(2,3)4/h9-13,17H,6-8,14H2,1-5H3,(H,25,27)/t17-/m0/s1. The van der Waals surface area contributed by atoms with E-state index in [1.54, 1.807) is 0 Å². The first-order valence-corrected chi connectivity index (χ1v) is 9.85. The largest absolute Gasteiger partial charge is 0.444 e. The molecule has 0 spiro atoms. The van der Waals surface area contributed by atoms with Gasteiger partial charge in [-0.1, -0.05) is 6.07 Å². The second-order valence-electron chi connectivity index (χ2n) is 8.47. The van der Waals surface area contributed by atoms with E-state index in [1.807, 2.05) is 52.0 Å². The van der Waals surface area contributed by atoms with Crippen LogP contribution in [-0.4, -0.2) is 35.3 Å². The summed E-state index contributed by atoms with van der Waals surface area (Å²) in [6.45, 7) is 8.20. The zero-order chi connectivity index (χ0) is 20.3. The van der Waals surface area contributed by atoms with E-state index >= 15 is 0 Å². The molecule has 0 unspecified atom stereocenters. The molecular formula is C22H30N4O2. The number of rotatable bonds is 4. The molecule has 1 aliphatic rings. The van der Waals surface area contributed by atoms with Gasteiger partial charge in [0.25, 0.3) is 0 Å². The summed E-state index contributed by atoms with van der Waals surface area (Å²) in [7, 11) is 1.98. The normalized spacial score (nSPS) is 16.2. The number of hydrogen-bond donors (Lipinski definition) is 1. The number of amides is 1. The van der Waals surface area contributed by atoms with Gasteiger partial charge in [-0.25, -0.2) is 14.8 Å². The van der Waals surface area contributed by atoms with Gasteiger partial charge in [0.05, 0.1) is 0 Å². The predicted octanol–water partition coefficient (Wildman–Crippen LogP) is 4.50. The van der Waals surface area contributed by atoms with Gasteiger partial charge in [0.15, 0.2) is 0 Å². The van der Waals surface area contributed by atoms with Crippen LogP contribution in [0.4, 0.5) is 16.4 Å². The first-order chi connectivity index (χ1) is 13.2. The lowest BCUT2D eigenvalue weighted by Gasteiger charge is -2.28. The zero-order valence-electron chi connectivity index (χ0n) is 17.5. The number of nitrogens with zero attached hydrogens (tertiary/aromatic N) is 3. The quantitative estimate of drug-likeness (QED) is 0.843. The number of anilines is 2. The van der Waals surface area contributed by atoms with Crippen LogP contribution in [0.1, 0.15) is 56.2 Å². The van der Waals surface area contributed by atoms with Crippen LogP contribution in [0.3, 0.4) is 0 Å². The van der Waals surface area contributed by atoms with Crippen LogP contribution in [0, 0.1) is 6.92 Å². The lowest BCUT2D eigenvalue weighted by atomic mass is 9.82. The molecule has 150 valence electrons. The third-order valence-corrected chi connectivity index (χ3v) is 4.91. The SMILES string of the molecule is Cc1cnc(N(C)c2ccc3c(c2)CCC[C@H]3CNC(=O)OC(C)(C)C)nc1. The maximum absolute atomic E-state index is 12.0. The fraction of sp³-hybridized carbons (Fsp3) is 0.500. The van der Waals surface area contributed by atoms with Gasteiger partial charge in [-0.15, -0.1) is 0 Å². The van der Waals surface area contributed by atoms with Crippen molar-refractivity contribution in [1.82, 2.24) is 15.3 Å². The fourth-order valence-corrected chi connectivity index (χ4v) is 3.52. The van der Waals surface area contributed by atoms with Gasteiger partial charge in [0.1, 0.15) is 5.60 Å². The van der Waals surface area contributed by atoms with Crippen molar-refractivity contribution in [3.8, 4) is 0 Å². The van der Waals surface area contributed by atoms with Crippen LogP contribution in [0.2, 0.25) is 0 Å². The Morgan fingerprint density at radius 2 is 2.00 bits per heavy atom. The molecule has 0 saturated heterocycles. The lowest BCUT2D eigenvalue weighted by molar-refractivity contribution is 0.0523. The summed E-state index contributed by atoms with van der Waals surface area (Å²) in [5.74, 6) is 0.996. The third-order valence-electron chi connectivity index (χ3n) is 4.91. The minimum atomic E-state index is -0.480. The van der Waals surface area contributed by atoms with E-state index in [2.05, 4.69) is 33.5 Å². The van der Waals surface area contributed by atoms with E-state index in [-0.39, 0.29) is 6.09 Å². The van der Waals surface area contributed by atoms with Crippen molar-refractivity contribution in [2.24, 2.45) is 0 Å². The zero-order valence-corrected chi connectivity index (χ0v) is 17.5. The molecule has 1 aliphatic carbocycles. The summed E-state index contributed by atoms with van der Waals surface area (Å²) in [5.41, 5.74) is 4.28. The van der Waals surface area contributed by atoms with E-state index < -0.39 is 5.60 Å². The van der Waals surface area contributed by atoms with Crippen LogP contribution < -0.4 is 10.2 Å². The van der Waals surface area contributed by atoms with E-state index in [4.69, 9.17) is 4.74 Å². The Morgan fingerprint density at radius 3 is 2.68 bits per heavy atom. The number of carbonyl (C=O) groups excluding carboxylic acids is 1. The molecule has 6 heteroatoms. The summed E-state index contributed by atoms with van der Waals surface area (Å²) in [6, 6.07) is 6.50. The number of aromatic nitrogens is 2. The monoisotopic (exact) mass is 382 g/mol. The van der Waals surface area contributed by atoms with Crippen molar-refractivity contribution >= 4 is 17.7 Å². The van der Waals surface area contributed by atoms with Crippen molar-refractivity contribution < 1.29 is 9.53 Å². The maximum atomic E-state index is 12.0. The Hall–Kier alpha value is -2.63. The predicted molar refractivity (Wildman–Crippen MR) is 111 cm³/mol. The Bertz CT molecular complexity index is 827. The van der Waals surface area contributed by atoms with Gasteiger partial charge >= 0.3 is 6.09 Å². The molecule has 3 rings (SSSR count). The van der Waals surface area contributed by atoms with Crippen molar-refractivity contribution in [1.29, 1.82) is 0 Å². The van der Waals surface area contributed by atoms with Crippen LogP contribution in [0.15, 0.2) is 30.6 Å². The Balaban J connectivity index is 1.71. The number of hydrogen-bond acceptors (Lipinski definition) is 5. The highest BCUT2D eigenvalue weighted by molar-refractivity contribution is 5.68. The summed E-state index contributed by atoms with van der Waals surface area (Å²) in [6.07, 6.45) is 6.54. The molecule has 2 aromatic rings. The second-order valence-corrected chi connectivity index (χ2v) is 8.47. The summed E-state index contributed by atoms with van der Waals surface area (Å²) in [4.78, 5) is 22.8. The molecule has 0 radical (unpaired) electrons. The number of ether oxygens (including phenoxy) is 1. The summed E-state index contributed by atoms with van der Waals surface area (Å²) >= 11 is 0. The van der Waals surface area contributed by atoms with E-state index in [0.29, 0.717) is 18.4 Å². The van der Waals surface area contributed by atoms with Crippen molar-refractivity contribution in [3.63, 3.8) is 0 Å². The molecular weight excluding hydrogens is 352 g/mol. The van der Waals surface area contributed by atoms with Gasteiger partial charge in [-0.05, 0) is 75.8 Å². The van der Waals surface area contributed by atoms with Crippen molar-refractivity contribution in [3.05, 3.63) is 47.3 Å². The van der Waals surface area contributed by atoms with Gasteiger partial charge < -0.3 is 15.0 Å². The van der Waals surface area contributed by atoms with Gasteiger partial charge in [-0.2, -0.15) is 0 Å². The molecule has 1 aromatic carbocycles. The lowest BCUT2D eigenvalue weighted by Crippen LogP contribution is -2.35. The number of fused-ring (bicyclic) bond motifs is 1. The number of aryl methyl sites for hydroxylation is 2. The first kappa shape index (κ1) is 20.1. The molecule has 1 atom stereocenters. The molecule has 0 aliphatic heterocycles. The van der Waals surface area contributed by atoms with Crippen molar-refractivity contribution in [2.75, 3.05) is 18.5 Å². The van der Waals surface area contributed by atoms with E-state index in [9.17, 15) is 4.79 Å². The van der Waals surface area contributed by atoms with Gasteiger partial charge in [-0.3, -0.25) is 0 Å².